The Labute approximate surface area is 144 Å². The van der Waals surface area contributed by atoms with E-state index in [2.05, 4.69) is 22.2 Å². The van der Waals surface area contributed by atoms with Gasteiger partial charge in [-0.25, -0.2) is 4.98 Å². The van der Waals surface area contributed by atoms with E-state index in [-0.39, 0.29) is 17.0 Å². The zero-order chi connectivity index (χ0) is 14.2. The number of thiazole rings is 1. The zero-order valence-electron chi connectivity index (χ0n) is 12.3. The summed E-state index contributed by atoms with van der Waals surface area (Å²) in [6.07, 6.45) is 0. The summed E-state index contributed by atoms with van der Waals surface area (Å²) in [6, 6.07) is 5.99. The smallest absolute Gasteiger partial charge is 0.231 e. The van der Waals surface area contributed by atoms with Gasteiger partial charge in [-0.15, -0.1) is 28.3 Å². The van der Waals surface area contributed by atoms with Crippen LogP contribution in [0.1, 0.15) is 0 Å². The molecule has 0 unspecified atom stereocenters. The Kier molecular flexibility index (Phi) is 4.56. The summed E-state index contributed by atoms with van der Waals surface area (Å²) in [5.74, 6) is 1.62. The van der Waals surface area contributed by atoms with Gasteiger partial charge in [-0.2, -0.15) is 0 Å². The Balaban J connectivity index is 0.00000144. The van der Waals surface area contributed by atoms with Crippen molar-refractivity contribution in [2.75, 3.05) is 44.9 Å². The third-order valence-electron chi connectivity index (χ3n) is 3.93. The molecule has 2 aromatic rings. The number of likely N-dealkylation sites (N-methyl/N-ethyl adjacent to an activating group) is 1. The van der Waals surface area contributed by atoms with E-state index < -0.39 is 0 Å². The van der Waals surface area contributed by atoms with E-state index in [0.717, 1.165) is 54.1 Å². The molecule has 0 spiro atoms. The molecule has 2 aliphatic heterocycles. The van der Waals surface area contributed by atoms with Crippen molar-refractivity contribution in [2.45, 2.75) is 0 Å². The molecule has 0 amide bonds. The lowest BCUT2D eigenvalue weighted by atomic mass is 10.1. The van der Waals surface area contributed by atoms with Gasteiger partial charge in [-0.05, 0) is 25.2 Å². The van der Waals surface area contributed by atoms with Crippen LogP contribution in [0.4, 0.5) is 5.13 Å². The molecule has 4 rings (SSSR count). The molecule has 3 heterocycles. The zero-order valence-corrected chi connectivity index (χ0v) is 14.8. The second-order valence-electron chi connectivity index (χ2n) is 5.37. The summed E-state index contributed by atoms with van der Waals surface area (Å²) in [7, 11) is 2.16. The highest BCUT2D eigenvalue weighted by atomic mass is 79.9. The fourth-order valence-electron chi connectivity index (χ4n) is 2.60. The number of anilines is 1. The molecule has 22 heavy (non-hydrogen) atoms. The topological polar surface area (TPSA) is 37.8 Å². The van der Waals surface area contributed by atoms with E-state index in [1.165, 1.54) is 0 Å². The SMILES string of the molecule is Br.CN1CCN(c2nc(-c3ccc4c(c3)OCO4)cs2)CC1. The number of piperazine rings is 1. The Morgan fingerprint density at radius 3 is 2.68 bits per heavy atom. The first-order valence-corrected chi connectivity index (χ1v) is 7.96. The molecule has 1 aromatic carbocycles. The van der Waals surface area contributed by atoms with Crippen LogP contribution in [0.15, 0.2) is 23.6 Å². The van der Waals surface area contributed by atoms with E-state index in [9.17, 15) is 0 Å². The van der Waals surface area contributed by atoms with Crippen LogP contribution in [0, 0.1) is 0 Å². The first kappa shape index (κ1) is 15.6. The molecule has 0 aliphatic carbocycles. The van der Waals surface area contributed by atoms with Crippen LogP contribution >= 0.6 is 28.3 Å². The van der Waals surface area contributed by atoms with Gasteiger partial charge >= 0.3 is 0 Å². The van der Waals surface area contributed by atoms with Gasteiger partial charge < -0.3 is 19.3 Å². The first-order valence-electron chi connectivity index (χ1n) is 7.09. The summed E-state index contributed by atoms with van der Waals surface area (Å²) in [6.45, 7) is 4.59. The standard InChI is InChI=1S/C15H17N3O2S.BrH/c1-17-4-6-18(7-5-17)15-16-12(9-21-15)11-2-3-13-14(8-11)20-10-19-13;/h2-3,8-9H,4-7,10H2,1H3;1H. The van der Waals surface area contributed by atoms with E-state index in [0.29, 0.717) is 6.79 Å². The molecular weight excluding hydrogens is 366 g/mol. The van der Waals surface area contributed by atoms with Crippen molar-refractivity contribution in [3.63, 3.8) is 0 Å². The van der Waals surface area contributed by atoms with E-state index in [1.54, 1.807) is 11.3 Å². The molecule has 7 heteroatoms. The summed E-state index contributed by atoms with van der Waals surface area (Å²) >= 11 is 1.71. The monoisotopic (exact) mass is 383 g/mol. The minimum absolute atomic E-state index is 0. The van der Waals surface area contributed by atoms with Crippen LogP contribution in [0.2, 0.25) is 0 Å². The second kappa shape index (κ2) is 6.44. The number of halogens is 1. The van der Waals surface area contributed by atoms with Crippen molar-refractivity contribution >= 4 is 33.4 Å². The molecule has 1 aromatic heterocycles. The summed E-state index contributed by atoms with van der Waals surface area (Å²) in [4.78, 5) is 9.50. The molecule has 0 saturated carbocycles. The number of hydrogen-bond acceptors (Lipinski definition) is 6. The summed E-state index contributed by atoms with van der Waals surface area (Å²) in [5.41, 5.74) is 2.09. The predicted octanol–water partition coefficient (Wildman–Crippen LogP) is 2.87. The van der Waals surface area contributed by atoms with Crippen molar-refractivity contribution in [3.05, 3.63) is 23.6 Å². The molecule has 2 aliphatic rings. The highest BCUT2D eigenvalue weighted by molar-refractivity contribution is 8.93. The number of aromatic nitrogens is 1. The molecule has 0 radical (unpaired) electrons. The third kappa shape index (κ3) is 2.93. The van der Waals surface area contributed by atoms with Crippen molar-refractivity contribution in [2.24, 2.45) is 0 Å². The van der Waals surface area contributed by atoms with Crippen molar-refractivity contribution in [3.8, 4) is 22.8 Å². The van der Waals surface area contributed by atoms with Crippen molar-refractivity contribution in [1.82, 2.24) is 9.88 Å². The third-order valence-corrected chi connectivity index (χ3v) is 4.84. The number of hydrogen-bond donors (Lipinski definition) is 0. The molecule has 0 atom stereocenters. The van der Waals surface area contributed by atoms with Crippen LogP contribution < -0.4 is 14.4 Å². The highest BCUT2D eigenvalue weighted by Crippen LogP contribution is 2.37. The lowest BCUT2D eigenvalue weighted by molar-refractivity contribution is 0.174. The molecule has 0 N–H and O–H groups in total. The predicted molar refractivity (Wildman–Crippen MR) is 93.7 cm³/mol. The maximum absolute atomic E-state index is 5.43. The average molecular weight is 384 g/mol. The number of benzene rings is 1. The largest absolute Gasteiger partial charge is 0.454 e. The van der Waals surface area contributed by atoms with Gasteiger partial charge in [0, 0.05) is 37.1 Å². The normalized spacial score (nSPS) is 17.4. The van der Waals surface area contributed by atoms with Gasteiger partial charge in [0.1, 0.15) is 0 Å². The van der Waals surface area contributed by atoms with E-state index >= 15 is 0 Å². The van der Waals surface area contributed by atoms with Gasteiger partial charge in [-0.1, -0.05) is 0 Å². The molecular formula is C15H18BrN3O2S. The maximum Gasteiger partial charge on any atom is 0.231 e. The van der Waals surface area contributed by atoms with Crippen molar-refractivity contribution < 1.29 is 9.47 Å². The van der Waals surface area contributed by atoms with Crippen LogP contribution in [-0.2, 0) is 0 Å². The molecule has 1 saturated heterocycles. The number of fused-ring (bicyclic) bond motifs is 1. The molecule has 1 fully saturated rings. The van der Waals surface area contributed by atoms with Crippen molar-refractivity contribution in [1.29, 1.82) is 0 Å². The fraction of sp³-hybridized carbons (Fsp3) is 0.400. The molecule has 0 bridgehead atoms. The number of rotatable bonds is 2. The number of nitrogens with zero attached hydrogens (tertiary/aromatic N) is 3. The van der Waals surface area contributed by atoms with Crippen LogP contribution in [0.25, 0.3) is 11.3 Å². The Bertz CT molecular complexity index is 656. The lowest BCUT2D eigenvalue weighted by Gasteiger charge is -2.32. The second-order valence-corrected chi connectivity index (χ2v) is 6.21. The van der Waals surface area contributed by atoms with Crippen LogP contribution in [-0.4, -0.2) is 49.9 Å². The molecule has 5 nitrogen and oxygen atoms in total. The minimum Gasteiger partial charge on any atom is -0.454 e. The van der Waals surface area contributed by atoms with Crippen LogP contribution in [0.3, 0.4) is 0 Å². The van der Waals surface area contributed by atoms with Gasteiger partial charge in [0.2, 0.25) is 6.79 Å². The fourth-order valence-corrected chi connectivity index (χ4v) is 3.48. The van der Waals surface area contributed by atoms with E-state index in [4.69, 9.17) is 14.5 Å². The summed E-state index contributed by atoms with van der Waals surface area (Å²) in [5, 5.41) is 3.22. The Morgan fingerprint density at radius 1 is 1.09 bits per heavy atom. The van der Waals surface area contributed by atoms with Crippen LogP contribution in [0.5, 0.6) is 11.5 Å². The summed E-state index contributed by atoms with van der Waals surface area (Å²) < 4.78 is 10.8. The first-order chi connectivity index (χ1) is 10.3. The Hall–Kier alpha value is -1.31. The average Bonchev–Trinajstić information content (AvgIpc) is 3.16. The van der Waals surface area contributed by atoms with Gasteiger partial charge in [0.25, 0.3) is 0 Å². The van der Waals surface area contributed by atoms with Gasteiger partial charge in [0.05, 0.1) is 5.69 Å². The van der Waals surface area contributed by atoms with Gasteiger partial charge in [-0.3, -0.25) is 0 Å². The maximum atomic E-state index is 5.43. The minimum atomic E-state index is 0. The Morgan fingerprint density at radius 2 is 1.86 bits per heavy atom. The number of ether oxygens (including phenoxy) is 2. The van der Waals surface area contributed by atoms with E-state index in [1.807, 2.05) is 18.2 Å². The van der Waals surface area contributed by atoms with Gasteiger partial charge in [0.15, 0.2) is 16.6 Å². The highest BCUT2D eigenvalue weighted by Gasteiger charge is 2.19. The quantitative estimate of drug-likeness (QED) is 0.796. The molecule has 118 valence electrons. The lowest BCUT2D eigenvalue weighted by Crippen LogP contribution is -2.44.